The third-order valence-electron chi connectivity index (χ3n) is 2.79. The number of ether oxygens (including phenoxy) is 2. The molecular formula is C13H18FNO2. The Hall–Kier alpha value is -1.13. The summed E-state index contributed by atoms with van der Waals surface area (Å²) < 4.78 is 24.6. The second-order valence-electron chi connectivity index (χ2n) is 4.22. The summed E-state index contributed by atoms with van der Waals surface area (Å²) in [6.45, 7) is 5.87. The lowest BCUT2D eigenvalue weighted by molar-refractivity contribution is -0.0288. The molecule has 0 aromatic heterocycles. The van der Waals surface area contributed by atoms with E-state index < -0.39 is 0 Å². The van der Waals surface area contributed by atoms with E-state index >= 15 is 0 Å². The number of nitrogens with one attached hydrogen (secondary N) is 1. The Kier molecular flexibility index (Phi) is 3.97. The fourth-order valence-corrected chi connectivity index (χ4v) is 1.98. The second-order valence-corrected chi connectivity index (χ2v) is 4.22. The smallest absolute Gasteiger partial charge is 0.165 e. The monoisotopic (exact) mass is 239 g/mol. The van der Waals surface area contributed by atoms with Gasteiger partial charge in [0.1, 0.15) is 0 Å². The van der Waals surface area contributed by atoms with E-state index in [4.69, 9.17) is 9.47 Å². The van der Waals surface area contributed by atoms with Crippen molar-refractivity contribution in [1.29, 1.82) is 0 Å². The lowest BCUT2D eigenvalue weighted by Gasteiger charge is -2.29. The molecule has 2 atom stereocenters. The summed E-state index contributed by atoms with van der Waals surface area (Å²) in [5, 5.41) is 3.26. The highest BCUT2D eigenvalue weighted by Crippen LogP contribution is 2.26. The summed E-state index contributed by atoms with van der Waals surface area (Å²) in [6.07, 6.45) is 0.0762. The Morgan fingerprint density at radius 2 is 2.29 bits per heavy atom. The van der Waals surface area contributed by atoms with Gasteiger partial charge in [-0.05, 0) is 31.5 Å². The van der Waals surface area contributed by atoms with Crippen LogP contribution in [0.3, 0.4) is 0 Å². The predicted molar refractivity (Wildman–Crippen MR) is 63.7 cm³/mol. The maximum Gasteiger partial charge on any atom is 0.165 e. The maximum atomic E-state index is 13.7. The molecule has 0 radical (unpaired) electrons. The SMILES string of the molecule is CCOc1ccc(C2CNCC(C)O2)cc1F. The van der Waals surface area contributed by atoms with Crippen LogP contribution in [0.4, 0.5) is 4.39 Å². The Morgan fingerprint density at radius 1 is 1.47 bits per heavy atom. The molecule has 0 bridgehead atoms. The van der Waals surface area contributed by atoms with Crippen LogP contribution >= 0.6 is 0 Å². The molecule has 17 heavy (non-hydrogen) atoms. The molecule has 1 aromatic rings. The minimum Gasteiger partial charge on any atom is -0.491 e. The number of hydrogen-bond donors (Lipinski definition) is 1. The fraction of sp³-hybridized carbons (Fsp3) is 0.538. The summed E-state index contributed by atoms with van der Waals surface area (Å²) in [5.74, 6) is -0.0285. The minimum atomic E-state index is -0.328. The number of benzene rings is 1. The first kappa shape index (κ1) is 12.3. The molecular weight excluding hydrogens is 221 g/mol. The quantitative estimate of drug-likeness (QED) is 0.877. The molecule has 3 nitrogen and oxygen atoms in total. The van der Waals surface area contributed by atoms with E-state index in [1.54, 1.807) is 6.07 Å². The molecule has 0 saturated carbocycles. The maximum absolute atomic E-state index is 13.7. The van der Waals surface area contributed by atoms with E-state index in [2.05, 4.69) is 5.32 Å². The molecule has 4 heteroatoms. The van der Waals surface area contributed by atoms with E-state index in [0.29, 0.717) is 12.4 Å². The van der Waals surface area contributed by atoms with Gasteiger partial charge in [-0.25, -0.2) is 4.39 Å². The zero-order chi connectivity index (χ0) is 12.3. The molecule has 0 aliphatic carbocycles. The van der Waals surface area contributed by atoms with Crippen molar-refractivity contribution in [3.8, 4) is 5.75 Å². The summed E-state index contributed by atoms with van der Waals surface area (Å²) >= 11 is 0. The van der Waals surface area contributed by atoms with Gasteiger partial charge in [-0.2, -0.15) is 0 Å². The molecule has 1 fully saturated rings. The van der Waals surface area contributed by atoms with Crippen LogP contribution < -0.4 is 10.1 Å². The molecule has 1 saturated heterocycles. The molecule has 1 aliphatic heterocycles. The van der Waals surface area contributed by atoms with Gasteiger partial charge in [-0.3, -0.25) is 0 Å². The Labute approximate surface area is 101 Å². The van der Waals surface area contributed by atoms with Crippen LogP contribution in [0.5, 0.6) is 5.75 Å². The lowest BCUT2D eigenvalue weighted by Crippen LogP contribution is -2.38. The number of morpholine rings is 1. The van der Waals surface area contributed by atoms with E-state index in [1.165, 1.54) is 6.07 Å². The van der Waals surface area contributed by atoms with Crippen molar-refractivity contribution < 1.29 is 13.9 Å². The van der Waals surface area contributed by atoms with Crippen LogP contribution in [-0.4, -0.2) is 25.8 Å². The van der Waals surface area contributed by atoms with Crippen molar-refractivity contribution in [1.82, 2.24) is 5.32 Å². The van der Waals surface area contributed by atoms with Gasteiger partial charge in [0, 0.05) is 13.1 Å². The van der Waals surface area contributed by atoms with E-state index in [-0.39, 0.29) is 18.0 Å². The standard InChI is InChI=1S/C13H18FNO2/c1-3-16-12-5-4-10(6-11(12)14)13-8-15-7-9(2)17-13/h4-6,9,13,15H,3,7-8H2,1-2H3. The van der Waals surface area contributed by atoms with Crippen molar-refractivity contribution in [3.63, 3.8) is 0 Å². The molecule has 1 aromatic carbocycles. The van der Waals surface area contributed by atoms with Gasteiger partial charge in [0.2, 0.25) is 0 Å². The first-order valence-corrected chi connectivity index (χ1v) is 5.99. The molecule has 1 heterocycles. The number of halogens is 1. The summed E-state index contributed by atoms with van der Waals surface area (Å²) in [6, 6.07) is 5.02. The average Bonchev–Trinajstić information content (AvgIpc) is 2.32. The Morgan fingerprint density at radius 3 is 2.94 bits per heavy atom. The van der Waals surface area contributed by atoms with Gasteiger partial charge >= 0.3 is 0 Å². The highest BCUT2D eigenvalue weighted by molar-refractivity contribution is 5.31. The zero-order valence-electron chi connectivity index (χ0n) is 10.2. The molecule has 1 aliphatic rings. The van der Waals surface area contributed by atoms with E-state index in [1.807, 2.05) is 19.9 Å². The van der Waals surface area contributed by atoms with E-state index in [0.717, 1.165) is 18.7 Å². The van der Waals surface area contributed by atoms with Gasteiger partial charge in [-0.1, -0.05) is 6.07 Å². The van der Waals surface area contributed by atoms with Crippen LogP contribution in [0, 0.1) is 5.82 Å². The van der Waals surface area contributed by atoms with E-state index in [9.17, 15) is 4.39 Å². The molecule has 0 amide bonds. The largest absolute Gasteiger partial charge is 0.491 e. The second kappa shape index (κ2) is 5.47. The molecule has 2 rings (SSSR count). The van der Waals surface area contributed by atoms with Crippen molar-refractivity contribution in [2.45, 2.75) is 26.1 Å². The third-order valence-corrected chi connectivity index (χ3v) is 2.79. The first-order chi connectivity index (χ1) is 8.20. The Balaban J connectivity index is 2.13. The van der Waals surface area contributed by atoms with Gasteiger partial charge in [0.25, 0.3) is 0 Å². The minimum absolute atomic E-state index is 0.0797. The van der Waals surface area contributed by atoms with Gasteiger partial charge in [0.05, 0.1) is 18.8 Å². The van der Waals surface area contributed by atoms with Crippen LogP contribution in [-0.2, 0) is 4.74 Å². The van der Waals surface area contributed by atoms with Crippen molar-refractivity contribution in [3.05, 3.63) is 29.6 Å². The van der Waals surface area contributed by atoms with Crippen LogP contribution in [0.15, 0.2) is 18.2 Å². The van der Waals surface area contributed by atoms with Crippen molar-refractivity contribution >= 4 is 0 Å². The van der Waals surface area contributed by atoms with Crippen LogP contribution in [0.2, 0.25) is 0 Å². The van der Waals surface area contributed by atoms with Gasteiger partial charge in [-0.15, -0.1) is 0 Å². The van der Waals surface area contributed by atoms with Crippen molar-refractivity contribution in [2.75, 3.05) is 19.7 Å². The highest BCUT2D eigenvalue weighted by atomic mass is 19.1. The normalized spacial score (nSPS) is 24.6. The molecule has 0 spiro atoms. The summed E-state index contributed by atoms with van der Waals surface area (Å²) in [4.78, 5) is 0. The van der Waals surface area contributed by atoms with Crippen LogP contribution in [0.25, 0.3) is 0 Å². The number of rotatable bonds is 3. The summed E-state index contributed by atoms with van der Waals surface area (Å²) in [7, 11) is 0. The third kappa shape index (κ3) is 2.96. The zero-order valence-corrected chi connectivity index (χ0v) is 10.2. The molecule has 1 N–H and O–H groups in total. The predicted octanol–water partition coefficient (Wildman–Crippen LogP) is 2.27. The molecule has 2 unspecified atom stereocenters. The van der Waals surface area contributed by atoms with Gasteiger partial charge < -0.3 is 14.8 Å². The topological polar surface area (TPSA) is 30.5 Å². The van der Waals surface area contributed by atoms with Gasteiger partial charge in [0.15, 0.2) is 11.6 Å². The van der Waals surface area contributed by atoms with Crippen molar-refractivity contribution in [2.24, 2.45) is 0 Å². The first-order valence-electron chi connectivity index (χ1n) is 5.99. The highest BCUT2D eigenvalue weighted by Gasteiger charge is 2.21. The Bertz CT molecular complexity index is 384. The lowest BCUT2D eigenvalue weighted by atomic mass is 10.1. The van der Waals surface area contributed by atoms with Crippen LogP contribution in [0.1, 0.15) is 25.5 Å². The molecule has 94 valence electrons. The average molecular weight is 239 g/mol. The number of hydrogen-bond acceptors (Lipinski definition) is 3. The summed E-state index contributed by atoms with van der Waals surface area (Å²) in [5.41, 5.74) is 0.852. The fourth-order valence-electron chi connectivity index (χ4n) is 1.98.